The van der Waals surface area contributed by atoms with Gasteiger partial charge in [-0.1, -0.05) is 58.7 Å². The fourth-order valence-electron chi connectivity index (χ4n) is 2.50. The van der Waals surface area contributed by atoms with E-state index in [4.69, 9.17) is 32.5 Å². The largest absolute Gasteiger partial charge is 0.484 e. The fourth-order valence-corrected chi connectivity index (χ4v) is 2.99. The first-order chi connectivity index (χ1) is 12.2. The topological polar surface area (TPSA) is 48.2 Å². The zero-order chi connectivity index (χ0) is 17.2. The molecule has 0 aliphatic rings. The Balaban J connectivity index is 1.50. The molecule has 0 spiro atoms. The Kier molecular flexibility index (Phi) is 4.30. The minimum atomic E-state index is 0.177. The Morgan fingerprint density at radius 1 is 0.920 bits per heavy atom. The summed E-state index contributed by atoms with van der Waals surface area (Å²) in [6.07, 6.45) is 0. The van der Waals surface area contributed by atoms with Crippen LogP contribution in [0.15, 0.2) is 65.2 Å². The van der Waals surface area contributed by atoms with Crippen LogP contribution in [0, 0.1) is 0 Å². The Bertz CT molecular complexity index is 1050. The summed E-state index contributed by atoms with van der Waals surface area (Å²) in [5, 5.41) is 7.24. The van der Waals surface area contributed by atoms with Gasteiger partial charge in [0.2, 0.25) is 5.82 Å². The zero-order valence-corrected chi connectivity index (χ0v) is 14.5. The number of halogens is 2. The van der Waals surface area contributed by atoms with E-state index in [9.17, 15) is 0 Å². The average Bonchev–Trinajstić information content (AvgIpc) is 3.08. The van der Waals surface area contributed by atoms with Crippen molar-refractivity contribution in [2.24, 2.45) is 0 Å². The molecule has 124 valence electrons. The van der Waals surface area contributed by atoms with Crippen LogP contribution in [0.2, 0.25) is 10.0 Å². The van der Waals surface area contributed by atoms with Crippen molar-refractivity contribution in [2.75, 3.05) is 0 Å². The number of nitrogens with zero attached hydrogens (tertiary/aromatic N) is 2. The van der Waals surface area contributed by atoms with Gasteiger partial charge in [-0.15, -0.1) is 0 Å². The van der Waals surface area contributed by atoms with Crippen LogP contribution in [0.5, 0.6) is 5.75 Å². The lowest BCUT2D eigenvalue weighted by Gasteiger charge is -2.04. The molecular weight excluding hydrogens is 359 g/mol. The minimum absolute atomic E-state index is 0.177. The summed E-state index contributed by atoms with van der Waals surface area (Å²) in [4.78, 5) is 4.32. The van der Waals surface area contributed by atoms with Crippen LogP contribution in [0.4, 0.5) is 0 Å². The molecule has 0 fully saturated rings. The van der Waals surface area contributed by atoms with Gasteiger partial charge in [-0.05, 0) is 41.1 Å². The molecule has 25 heavy (non-hydrogen) atoms. The normalized spacial score (nSPS) is 11.0. The Hall–Kier alpha value is -2.56. The van der Waals surface area contributed by atoms with E-state index in [2.05, 4.69) is 16.2 Å². The maximum atomic E-state index is 6.16. The van der Waals surface area contributed by atoms with E-state index in [0.29, 0.717) is 27.3 Å². The highest BCUT2D eigenvalue weighted by Gasteiger charge is 2.12. The first-order valence-electron chi connectivity index (χ1n) is 7.59. The first kappa shape index (κ1) is 15.9. The van der Waals surface area contributed by atoms with Gasteiger partial charge in [-0.3, -0.25) is 0 Å². The third-order valence-corrected chi connectivity index (χ3v) is 4.27. The van der Waals surface area contributed by atoms with E-state index in [1.54, 1.807) is 18.2 Å². The second kappa shape index (κ2) is 6.75. The number of hydrogen-bond donors (Lipinski definition) is 0. The van der Waals surface area contributed by atoms with Crippen LogP contribution in [-0.4, -0.2) is 10.1 Å². The molecule has 0 saturated heterocycles. The summed E-state index contributed by atoms with van der Waals surface area (Å²) in [5.74, 6) is 1.51. The molecule has 0 unspecified atom stereocenters. The molecule has 0 atom stereocenters. The number of ether oxygens (including phenoxy) is 1. The number of benzene rings is 3. The van der Waals surface area contributed by atoms with Gasteiger partial charge in [0, 0.05) is 10.6 Å². The first-order valence-corrected chi connectivity index (χ1v) is 8.34. The SMILES string of the molecule is Clc1ccc(-c2noc(COc3ccc4ccccc4c3)n2)c(Cl)c1. The lowest BCUT2D eigenvalue weighted by atomic mass is 10.1. The van der Waals surface area contributed by atoms with Crippen molar-refractivity contribution in [2.45, 2.75) is 6.61 Å². The van der Waals surface area contributed by atoms with Crippen LogP contribution in [0.25, 0.3) is 22.2 Å². The van der Waals surface area contributed by atoms with Crippen LogP contribution in [-0.2, 0) is 6.61 Å². The van der Waals surface area contributed by atoms with Crippen LogP contribution >= 0.6 is 23.2 Å². The van der Waals surface area contributed by atoms with Crippen LogP contribution in [0.3, 0.4) is 0 Å². The molecule has 4 nitrogen and oxygen atoms in total. The predicted molar refractivity (Wildman–Crippen MR) is 98.0 cm³/mol. The van der Waals surface area contributed by atoms with Gasteiger partial charge in [0.25, 0.3) is 5.89 Å². The Morgan fingerprint density at radius 2 is 1.76 bits per heavy atom. The molecule has 0 amide bonds. The Labute approximate surface area is 153 Å². The highest BCUT2D eigenvalue weighted by molar-refractivity contribution is 6.36. The number of fused-ring (bicyclic) bond motifs is 1. The number of rotatable bonds is 4. The molecule has 0 saturated carbocycles. The molecule has 3 aromatic carbocycles. The smallest absolute Gasteiger partial charge is 0.264 e. The van der Waals surface area contributed by atoms with E-state index in [1.807, 2.05) is 36.4 Å². The van der Waals surface area contributed by atoms with E-state index in [-0.39, 0.29) is 6.61 Å². The summed E-state index contributed by atoms with van der Waals surface area (Å²) < 4.78 is 11.0. The van der Waals surface area contributed by atoms with Gasteiger partial charge in [-0.25, -0.2) is 0 Å². The van der Waals surface area contributed by atoms with E-state index in [1.165, 1.54) is 0 Å². The van der Waals surface area contributed by atoms with Crippen molar-refractivity contribution in [3.63, 3.8) is 0 Å². The third kappa shape index (κ3) is 3.45. The molecule has 0 aliphatic heterocycles. The van der Waals surface area contributed by atoms with Crippen molar-refractivity contribution in [1.29, 1.82) is 0 Å². The molecule has 1 aromatic heterocycles. The van der Waals surface area contributed by atoms with Crippen LogP contribution < -0.4 is 4.74 Å². The van der Waals surface area contributed by atoms with E-state index < -0.39 is 0 Å². The highest BCUT2D eigenvalue weighted by atomic mass is 35.5. The van der Waals surface area contributed by atoms with Gasteiger partial charge in [0.05, 0.1) is 5.02 Å². The monoisotopic (exact) mass is 370 g/mol. The third-order valence-electron chi connectivity index (χ3n) is 3.72. The second-order valence-corrected chi connectivity index (χ2v) is 6.28. The second-order valence-electron chi connectivity index (χ2n) is 5.43. The standard InChI is InChI=1S/C19H12Cl2N2O2/c20-14-6-8-16(17(21)10-14)19-22-18(25-23-19)11-24-15-7-5-12-3-1-2-4-13(12)9-15/h1-10H,11H2. The molecule has 0 aliphatic carbocycles. The molecule has 1 heterocycles. The average molecular weight is 371 g/mol. The minimum Gasteiger partial charge on any atom is -0.484 e. The molecule has 4 aromatic rings. The van der Waals surface area contributed by atoms with Gasteiger partial charge < -0.3 is 9.26 Å². The van der Waals surface area contributed by atoms with Crippen molar-refractivity contribution in [3.05, 3.63) is 76.6 Å². The van der Waals surface area contributed by atoms with E-state index >= 15 is 0 Å². The lowest BCUT2D eigenvalue weighted by Crippen LogP contribution is -1.95. The van der Waals surface area contributed by atoms with Crippen molar-refractivity contribution < 1.29 is 9.26 Å². The quantitative estimate of drug-likeness (QED) is 0.457. The molecule has 0 N–H and O–H groups in total. The molecule has 0 radical (unpaired) electrons. The molecule has 0 bridgehead atoms. The van der Waals surface area contributed by atoms with Crippen molar-refractivity contribution >= 4 is 34.0 Å². The number of aromatic nitrogens is 2. The summed E-state index contributed by atoms with van der Waals surface area (Å²) in [6.45, 7) is 0.177. The highest BCUT2D eigenvalue weighted by Crippen LogP contribution is 2.28. The summed E-state index contributed by atoms with van der Waals surface area (Å²) in [7, 11) is 0. The molecule has 4 rings (SSSR count). The van der Waals surface area contributed by atoms with Crippen LogP contribution in [0.1, 0.15) is 5.89 Å². The molecule has 6 heteroatoms. The van der Waals surface area contributed by atoms with E-state index in [0.717, 1.165) is 16.5 Å². The summed E-state index contributed by atoms with van der Waals surface area (Å²) in [6, 6.07) is 19.1. The van der Waals surface area contributed by atoms with Gasteiger partial charge in [0.1, 0.15) is 5.75 Å². The van der Waals surface area contributed by atoms with Gasteiger partial charge in [0.15, 0.2) is 6.61 Å². The summed E-state index contributed by atoms with van der Waals surface area (Å²) in [5.41, 5.74) is 0.659. The lowest BCUT2D eigenvalue weighted by molar-refractivity contribution is 0.243. The number of hydrogen-bond acceptors (Lipinski definition) is 4. The summed E-state index contributed by atoms with van der Waals surface area (Å²) >= 11 is 12.1. The van der Waals surface area contributed by atoms with Gasteiger partial charge in [-0.2, -0.15) is 4.98 Å². The van der Waals surface area contributed by atoms with Crippen molar-refractivity contribution in [3.8, 4) is 17.1 Å². The maximum absolute atomic E-state index is 6.16. The molecular formula is C19H12Cl2N2O2. The van der Waals surface area contributed by atoms with Crippen molar-refractivity contribution in [1.82, 2.24) is 10.1 Å². The maximum Gasteiger partial charge on any atom is 0.264 e. The Morgan fingerprint density at radius 3 is 2.60 bits per heavy atom. The fraction of sp³-hybridized carbons (Fsp3) is 0.0526. The predicted octanol–water partition coefficient (Wildman–Crippen LogP) is 5.78. The zero-order valence-electron chi connectivity index (χ0n) is 12.9. The van der Waals surface area contributed by atoms with Gasteiger partial charge >= 0.3 is 0 Å².